The summed E-state index contributed by atoms with van der Waals surface area (Å²) in [7, 11) is 0. The van der Waals surface area contributed by atoms with Crippen LogP contribution in [-0.2, 0) is 0 Å². The van der Waals surface area contributed by atoms with Gasteiger partial charge in [0.15, 0.2) is 11.6 Å². The average molecular weight is 406 g/mol. The third-order valence-electron chi connectivity index (χ3n) is 5.39. The average Bonchev–Trinajstić information content (AvgIpc) is 3.41. The van der Waals surface area contributed by atoms with Crippen LogP contribution in [0.25, 0.3) is 37.8 Å². The second-order valence-corrected chi connectivity index (χ2v) is 8.31. The SMILES string of the molecule is O=C1C(=Cc2cc3sc(-c4ccccc4)nc3[nH]2)C(=O)c2cc3ccccc3cc21. The lowest BCUT2D eigenvalue weighted by Crippen LogP contribution is -2.00. The van der Waals surface area contributed by atoms with Crippen molar-refractivity contribution in [2.75, 3.05) is 0 Å². The molecule has 0 aliphatic heterocycles. The molecule has 3 aromatic carbocycles. The van der Waals surface area contributed by atoms with Crippen LogP contribution in [0.5, 0.6) is 0 Å². The van der Waals surface area contributed by atoms with Gasteiger partial charge >= 0.3 is 0 Å². The summed E-state index contributed by atoms with van der Waals surface area (Å²) >= 11 is 1.58. The number of rotatable bonds is 2. The molecule has 0 spiro atoms. The van der Waals surface area contributed by atoms with Crippen molar-refractivity contribution in [2.45, 2.75) is 0 Å². The molecule has 4 nitrogen and oxygen atoms in total. The van der Waals surface area contributed by atoms with Crippen LogP contribution in [0, 0.1) is 0 Å². The number of hydrogen-bond acceptors (Lipinski definition) is 4. The third-order valence-corrected chi connectivity index (χ3v) is 6.44. The number of carbonyl (C=O) groups excluding carboxylic acids is 2. The van der Waals surface area contributed by atoms with Crippen LogP contribution >= 0.6 is 11.3 Å². The lowest BCUT2D eigenvalue weighted by Gasteiger charge is -2.00. The number of nitrogens with zero attached hydrogens (tertiary/aromatic N) is 1. The van der Waals surface area contributed by atoms with Crippen molar-refractivity contribution in [3.05, 3.63) is 95.2 Å². The van der Waals surface area contributed by atoms with Crippen LogP contribution in [0.4, 0.5) is 0 Å². The molecule has 1 N–H and O–H groups in total. The molecule has 1 aliphatic carbocycles. The van der Waals surface area contributed by atoms with Crippen molar-refractivity contribution >= 4 is 50.1 Å². The predicted octanol–water partition coefficient (Wildman–Crippen LogP) is 5.91. The molecule has 0 fully saturated rings. The molecule has 142 valence electrons. The van der Waals surface area contributed by atoms with Crippen LogP contribution in [0.1, 0.15) is 26.4 Å². The highest BCUT2D eigenvalue weighted by Crippen LogP contribution is 2.34. The Morgan fingerprint density at radius 3 is 2.07 bits per heavy atom. The standard InChI is InChI=1S/C25H14N2O2S/c28-22-18-10-15-8-4-5-9-16(15)11-19(18)23(29)20(22)12-17-13-21-24(26-17)27-25(30-21)14-6-2-1-3-7-14/h1-13,26H. The van der Waals surface area contributed by atoms with Crippen LogP contribution in [0.15, 0.2) is 78.4 Å². The molecular weight excluding hydrogens is 392 g/mol. The first-order chi connectivity index (χ1) is 14.7. The van der Waals surface area contributed by atoms with E-state index >= 15 is 0 Å². The Bertz CT molecular complexity index is 1440. The zero-order chi connectivity index (χ0) is 20.2. The van der Waals surface area contributed by atoms with E-state index in [1.54, 1.807) is 17.4 Å². The first-order valence-corrected chi connectivity index (χ1v) is 10.4. The number of nitrogens with one attached hydrogen (secondary N) is 1. The van der Waals surface area contributed by atoms with E-state index in [9.17, 15) is 9.59 Å². The van der Waals surface area contributed by atoms with Crippen LogP contribution in [-0.4, -0.2) is 21.5 Å². The lowest BCUT2D eigenvalue weighted by atomic mass is 10.0. The molecule has 2 aromatic heterocycles. The zero-order valence-corrected chi connectivity index (χ0v) is 16.5. The summed E-state index contributed by atoms with van der Waals surface area (Å²) < 4.78 is 0.988. The highest BCUT2D eigenvalue weighted by Gasteiger charge is 2.33. The van der Waals surface area contributed by atoms with E-state index in [0.717, 1.165) is 31.7 Å². The molecule has 0 radical (unpaired) electrons. The topological polar surface area (TPSA) is 62.8 Å². The number of allylic oxidation sites excluding steroid dienone is 1. The molecule has 0 unspecified atom stereocenters. The van der Waals surface area contributed by atoms with E-state index < -0.39 is 0 Å². The Labute approximate surface area is 175 Å². The van der Waals surface area contributed by atoms with Gasteiger partial charge in [-0.05, 0) is 35.0 Å². The van der Waals surface area contributed by atoms with Gasteiger partial charge in [-0.3, -0.25) is 9.59 Å². The van der Waals surface area contributed by atoms with E-state index in [4.69, 9.17) is 0 Å². The van der Waals surface area contributed by atoms with Crippen LogP contribution in [0.2, 0.25) is 0 Å². The first-order valence-electron chi connectivity index (χ1n) is 9.56. The van der Waals surface area contributed by atoms with Gasteiger partial charge in [-0.2, -0.15) is 0 Å². The van der Waals surface area contributed by atoms with E-state index in [2.05, 4.69) is 9.97 Å². The molecule has 0 atom stereocenters. The number of aromatic nitrogens is 2. The van der Waals surface area contributed by atoms with Gasteiger partial charge in [0.25, 0.3) is 0 Å². The van der Waals surface area contributed by atoms with Crippen molar-refractivity contribution < 1.29 is 9.59 Å². The predicted molar refractivity (Wildman–Crippen MR) is 120 cm³/mol. The number of thiazole rings is 1. The highest BCUT2D eigenvalue weighted by atomic mass is 32.1. The summed E-state index contributed by atoms with van der Waals surface area (Å²) in [5.41, 5.74) is 3.67. The second-order valence-electron chi connectivity index (χ2n) is 7.28. The molecule has 5 aromatic rings. The molecule has 1 aliphatic rings. The van der Waals surface area contributed by atoms with Gasteiger partial charge in [-0.1, -0.05) is 54.6 Å². The lowest BCUT2D eigenvalue weighted by molar-refractivity contribution is 0.0990. The van der Waals surface area contributed by atoms with E-state index in [1.807, 2.05) is 72.8 Å². The van der Waals surface area contributed by atoms with Gasteiger partial charge in [0.1, 0.15) is 10.7 Å². The number of Topliss-reactive ketones (excluding diaryl/α,β-unsaturated/α-hetero) is 2. The van der Waals surface area contributed by atoms with E-state index in [-0.39, 0.29) is 17.1 Å². The number of aromatic amines is 1. The summed E-state index contributed by atoms with van der Waals surface area (Å²) in [5, 5.41) is 2.84. The monoisotopic (exact) mass is 406 g/mol. The largest absolute Gasteiger partial charge is 0.339 e. The Morgan fingerprint density at radius 2 is 1.43 bits per heavy atom. The van der Waals surface area contributed by atoms with Gasteiger partial charge < -0.3 is 4.98 Å². The Morgan fingerprint density at radius 1 is 0.800 bits per heavy atom. The summed E-state index contributed by atoms with van der Waals surface area (Å²) in [4.78, 5) is 33.8. The highest BCUT2D eigenvalue weighted by molar-refractivity contribution is 7.21. The molecule has 2 heterocycles. The summed E-state index contributed by atoms with van der Waals surface area (Å²) in [6.07, 6.45) is 1.64. The summed E-state index contributed by atoms with van der Waals surface area (Å²) in [5.74, 6) is -0.451. The summed E-state index contributed by atoms with van der Waals surface area (Å²) in [6, 6.07) is 23.3. The Balaban J connectivity index is 1.39. The van der Waals surface area contributed by atoms with Gasteiger partial charge in [0.05, 0.1) is 10.3 Å². The minimum Gasteiger partial charge on any atom is -0.339 e. The fraction of sp³-hybridized carbons (Fsp3) is 0. The summed E-state index contributed by atoms with van der Waals surface area (Å²) in [6.45, 7) is 0. The fourth-order valence-corrected chi connectivity index (χ4v) is 4.89. The maximum absolute atomic E-state index is 12.9. The number of hydrogen-bond donors (Lipinski definition) is 1. The first kappa shape index (κ1) is 17.1. The number of H-pyrrole nitrogens is 1. The van der Waals surface area contributed by atoms with Crippen molar-refractivity contribution in [1.82, 2.24) is 9.97 Å². The van der Waals surface area contributed by atoms with Crippen LogP contribution < -0.4 is 0 Å². The molecule has 6 rings (SSSR count). The van der Waals surface area contributed by atoms with Gasteiger partial charge in [-0.25, -0.2) is 4.98 Å². The molecule has 5 heteroatoms. The minimum atomic E-state index is -0.225. The van der Waals surface area contributed by atoms with Gasteiger partial charge in [-0.15, -0.1) is 11.3 Å². The van der Waals surface area contributed by atoms with E-state index in [0.29, 0.717) is 16.8 Å². The normalized spacial score (nSPS) is 13.4. The maximum Gasteiger partial charge on any atom is 0.197 e. The quantitative estimate of drug-likeness (QED) is 0.293. The van der Waals surface area contributed by atoms with Crippen molar-refractivity contribution in [1.29, 1.82) is 0 Å². The molecule has 0 saturated carbocycles. The third kappa shape index (κ3) is 2.56. The van der Waals surface area contributed by atoms with Gasteiger partial charge in [0.2, 0.25) is 0 Å². The molecule has 0 amide bonds. The van der Waals surface area contributed by atoms with Crippen LogP contribution in [0.3, 0.4) is 0 Å². The number of benzene rings is 3. The fourth-order valence-electron chi connectivity index (χ4n) is 3.91. The zero-order valence-electron chi connectivity index (χ0n) is 15.7. The molecule has 0 saturated heterocycles. The minimum absolute atomic E-state index is 0.192. The van der Waals surface area contributed by atoms with Crippen molar-refractivity contribution in [3.8, 4) is 10.6 Å². The van der Waals surface area contributed by atoms with Crippen molar-refractivity contribution in [2.24, 2.45) is 0 Å². The number of carbonyl (C=O) groups is 2. The number of ketones is 2. The molecule has 0 bridgehead atoms. The van der Waals surface area contributed by atoms with Crippen molar-refractivity contribution in [3.63, 3.8) is 0 Å². The molecule has 30 heavy (non-hydrogen) atoms. The van der Waals surface area contributed by atoms with E-state index in [1.165, 1.54) is 0 Å². The number of fused-ring (bicyclic) bond motifs is 3. The Kier molecular flexibility index (Phi) is 3.60. The Hall–Kier alpha value is -3.83. The molecular formula is C25H14N2O2S. The maximum atomic E-state index is 12.9. The smallest absolute Gasteiger partial charge is 0.197 e. The second kappa shape index (κ2) is 6.34. The van der Waals surface area contributed by atoms with Gasteiger partial charge in [0, 0.05) is 22.4 Å².